The fourth-order valence-corrected chi connectivity index (χ4v) is 2.95. The molecule has 1 fully saturated rings. The van der Waals surface area contributed by atoms with Gasteiger partial charge in [-0.25, -0.2) is 4.79 Å². The number of aliphatic carboxylic acids is 1. The fourth-order valence-electron chi connectivity index (χ4n) is 2.95. The third-order valence-corrected chi connectivity index (χ3v) is 4.39. The highest BCUT2D eigenvalue weighted by atomic mass is 16.5. The maximum atomic E-state index is 11.6. The van der Waals surface area contributed by atoms with Gasteiger partial charge in [0.15, 0.2) is 0 Å². The van der Waals surface area contributed by atoms with E-state index in [1.807, 2.05) is 0 Å². The van der Waals surface area contributed by atoms with Gasteiger partial charge in [0, 0.05) is 19.5 Å². The third kappa shape index (κ3) is 10.2. The predicted octanol–water partition coefficient (Wildman–Crippen LogP) is 2.87. The van der Waals surface area contributed by atoms with Crippen LogP contribution in [0.25, 0.3) is 0 Å². The van der Waals surface area contributed by atoms with Gasteiger partial charge >= 0.3 is 12.1 Å². The number of likely N-dealkylation sites (tertiary alicyclic amines) is 1. The van der Waals surface area contributed by atoms with E-state index in [1.54, 1.807) is 0 Å². The van der Waals surface area contributed by atoms with E-state index in [0.29, 0.717) is 25.5 Å². The molecule has 0 spiro atoms. The largest absolute Gasteiger partial charge is 0.481 e. The lowest BCUT2D eigenvalue weighted by Crippen LogP contribution is -2.34. The number of carboxylic acids is 1. The van der Waals surface area contributed by atoms with E-state index in [0.717, 1.165) is 45.3 Å². The second kappa shape index (κ2) is 12.2. The quantitative estimate of drug-likeness (QED) is 0.576. The minimum Gasteiger partial charge on any atom is -0.481 e. The van der Waals surface area contributed by atoms with Crippen molar-refractivity contribution in [3.8, 4) is 0 Å². The van der Waals surface area contributed by atoms with E-state index in [-0.39, 0.29) is 12.5 Å². The first-order valence-corrected chi connectivity index (χ1v) is 8.96. The number of nitrogens with zero attached hydrogens (tertiary/aromatic N) is 1. The van der Waals surface area contributed by atoms with Crippen LogP contribution in [-0.2, 0) is 9.53 Å². The van der Waals surface area contributed by atoms with Gasteiger partial charge < -0.3 is 20.1 Å². The number of hydrogen-bond acceptors (Lipinski definition) is 4. The third-order valence-electron chi connectivity index (χ3n) is 4.39. The lowest BCUT2D eigenvalue weighted by Gasteiger charge is -2.17. The van der Waals surface area contributed by atoms with E-state index in [1.165, 1.54) is 12.8 Å². The lowest BCUT2D eigenvalue weighted by atomic mass is 9.94. The number of carbonyl (C=O) groups is 2. The molecule has 6 heteroatoms. The minimum absolute atomic E-state index is 0.191. The number of unbranched alkanes of at least 4 members (excludes halogenated alkanes) is 1. The topological polar surface area (TPSA) is 78.9 Å². The molecule has 1 heterocycles. The zero-order valence-electron chi connectivity index (χ0n) is 14.4. The first-order chi connectivity index (χ1) is 11.1. The molecule has 1 aliphatic heterocycles. The summed E-state index contributed by atoms with van der Waals surface area (Å²) in [5, 5.41) is 11.6. The monoisotopic (exact) mass is 328 g/mol. The molecule has 0 radical (unpaired) electrons. The molecule has 1 atom stereocenters. The molecule has 2 N–H and O–H groups in total. The number of carbonyl (C=O) groups excluding carboxylic acids is 1. The molecule has 0 saturated carbocycles. The fraction of sp³-hybridized carbons (Fsp3) is 0.882. The van der Waals surface area contributed by atoms with Crippen molar-refractivity contribution in [3.05, 3.63) is 0 Å². The Morgan fingerprint density at radius 1 is 1.22 bits per heavy atom. The first kappa shape index (κ1) is 19.7. The Morgan fingerprint density at radius 2 is 1.96 bits per heavy atom. The van der Waals surface area contributed by atoms with Gasteiger partial charge in [-0.15, -0.1) is 0 Å². The van der Waals surface area contributed by atoms with Crippen molar-refractivity contribution in [2.75, 3.05) is 32.8 Å². The van der Waals surface area contributed by atoms with Crippen molar-refractivity contribution in [2.24, 2.45) is 5.92 Å². The highest BCUT2D eigenvalue weighted by Gasteiger charge is 2.13. The van der Waals surface area contributed by atoms with E-state index in [4.69, 9.17) is 9.84 Å². The van der Waals surface area contributed by atoms with Gasteiger partial charge in [0.05, 0.1) is 6.61 Å². The number of rotatable bonds is 12. The molecule has 1 rings (SSSR count). The van der Waals surface area contributed by atoms with Crippen molar-refractivity contribution in [3.63, 3.8) is 0 Å². The van der Waals surface area contributed by atoms with Crippen LogP contribution in [-0.4, -0.2) is 54.9 Å². The van der Waals surface area contributed by atoms with E-state index >= 15 is 0 Å². The molecule has 0 bridgehead atoms. The second-order valence-electron chi connectivity index (χ2n) is 6.34. The van der Waals surface area contributed by atoms with Crippen LogP contribution in [0.4, 0.5) is 4.79 Å². The number of carboxylic acid groups (broad SMARTS) is 1. The number of amides is 1. The number of ether oxygens (including phenoxy) is 1. The van der Waals surface area contributed by atoms with E-state index in [2.05, 4.69) is 17.1 Å². The van der Waals surface area contributed by atoms with Crippen molar-refractivity contribution in [1.82, 2.24) is 10.2 Å². The van der Waals surface area contributed by atoms with Gasteiger partial charge in [0.1, 0.15) is 0 Å². The van der Waals surface area contributed by atoms with Gasteiger partial charge in [-0.05, 0) is 44.7 Å². The average molecular weight is 328 g/mol. The van der Waals surface area contributed by atoms with Crippen molar-refractivity contribution < 1.29 is 19.4 Å². The summed E-state index contributed by atoms with van der Waals surface area (Å²) in [7, 11) is 0. The maximum Gasteiger partial charge on any atom is 0.407 e. The Labute approximate surface area is 139 Å². The van der Waals surface area contributed by atoms with Crippen LogP contribution in [0.2, 0.25) is 0 Å². The Hall–Kier alpha value is -1.30. The van der Waals surface area contributed by atoms with Crippen molar-refractivity contribution in [1.29, 1.82) is 0 Å². The van der Waals surface area contributed by atoms with Crippen LogP contribution in [0, 0.1) is 5.92 Å². The molecule has 134 valence electrons. The number of hydrogen-bond donors (Lipinski definition) is 2. The molecule has 0 aromatic rings. The van der Waals surface area contributed by atoms with Gasteiger partial charge in [0.25, 0.3) is 0 Å². The van der Waals surface area contributed by atoms with Gasteiger partial charge in [-0.2, -0.15) is 0 Å². The summed E-state index contributed by atoms with van der Waals surface area (Å²) in [5.74, 6) is -0.435. The Balaban J connectivity index is 2.09. The molecule has 0 aliphatic carbocycles. The average Bonchev–Trinajstić information content (AvgIpc) is 3.02. The zero-order chi connectivity index (χ0) is 16.9. The van der Waals surface area contributed by atoms with Gasteiger partial charge in [-0.1, -0.05) is 26.2 Å². The highest BCUT2D eigenvalue weighted by molar-refractivity contribution is 5.67. The zero-order valence-corrected chi connectivity index (χ0v) is 14.4. The Morgan fingerprint density at radius 3 is 2.61 bits per heavy atom. The summed E-state index contributed by atoms with van der Waals surface area (Å²) in [6, 6.07) is 0. The van der Waals surface area contributed by atoms with Crippen LogP contribution in [0.5, 0.6) is 0 Å². The van der Waals surface area contributed by atoms with Crippen molar-refractivity contribution >= 4 is 12.1 Å². The first-order valence-electron chi connectivity index (χ1n) is 8.96. The smallest absolute Gasteiger partial charge is 0.407 e. The molecular formula is C17H32N2O4. The highest BCUT2D eigenvalue weighted by Crippen LogP contribution is 2.19. The molecule has 1 aliphatic rings. The summed E-state index contributed by atoms with van der Waals surface area (Å²) >= 11 is 0. The number of nitrogens with one attached hydrogen (secondary N) is 1. The molecule has 6 nitrogen and oxygen atoms in total. The maximum absolute atomic E-state index is 11.6. The second-order valence-corrected chi connectivity index (χ2v) is 6.34. The standard InChI is InChI=1S/C17H32N2O4/c1-2-3-6-15(7-8-16(20)21)9-14-23-17(22)18-10-13-19-11-4-5-12-19/h15H,2-14H2,1H3,(H,18,22)(H,20,21). The summed E-state index contributed by atoms with van der Waals surface area (Å²) < 4.78 is 5.21. The lowest BCUT2D eigenvalue weighted by molar-refractivity contribution is -0.137. The summed E-state index contributed by atoms with van der Waals surface area (Å²) in [6.07, 6.45) is 6.92. The predicted molar refractivity (Wildman–Crippen MR) is 89.5 cm³/mol. The molecule has 0 aromatic heterocycles. The van der Waals surface area contributed by atoms with E-state index in [9.17, 15) is 9.59 Å². The SMILES string of the molecule is CCCCC(CCOC(=O)NCCN1CCCC1)CCC(=O)O. The molecule has 1 saturated heterocycles. The molecular weight excluding hydrogens is 296 g/mol. The van der Waals surface area contributed by atoms with Crippen LogP contribution in [0.3, 0.4) is 0 Å². The van der Waals surface area contributed by atoms with Crippen molar-refractivity contribution in [2.45, 2.75) is 58.3 Å². The normalized spacial score (nSPS) is 16.2. The van der Waals surface area contributed by atoms with Crippen LogP contribution in [0.1, 0.15) is 58.3 Å². The Bertz CT molecular complexity index is 343. The minimum atomic E-state index is -0.757. The van der Waals surface area contributed by atoms with Gasteiger partial charge in [-0.3, -0.25) is 4.79 Å². The molecule has 23 heavy (non-hydrogen) atoms. The van der Waals surface area contributed by atoms with Crippen LogP contribution >= 0.6 is 0 Å². The van der Waals surface area contributed by atoms with Crippen LogP contribution in [0.15, 0.2) is 0 Å². The molecule has 1 unspecified atom stereocenters. The van der Waals surface area contributed by atoms with Crippen LogP contribution < -0.4 is 5.32 Å². The van der Waals surface area contributed by atoms with Gasteiger partial charge in [0.2, 0.25) is 0 Å². The summed E-state index contributed by atoms with van der Waals surface area (Å²) in [6.45, 7) is 6.24. The summed E-state index contributed by atoms with van der Waals surface area (Å²) in [4.78, 5) is 24.7. The summed E-state index contributed by atoms with van der Waals surface area (Å²) in [5.41, 5.74) is 0. The Kier molecular flexibility index (Phi) is 10.4. The van der Waals surface area contributed by atoms with E-state index < -0.39 is 5.97 Å². The molecule has 1 amide bonds. The molecule has 0 aromatic carbocycles. The number of alkyl carbamates (subject to hydrolysis) is 1.